The molecule has 1 aliphatic rings. The molecule has 2 N–H and O–H groups in total. The van der Waals surface area contributed by atoms with Crippen LogP contribution in [0.4, 0.5) is 5.00 Å². The summed E-state index contributed by atoms with van der Waals surface area (Å²) in [5.74, 6) is 0.703. The monoisotopic (exact) mass is 386 g/mol. The van der Waals surface area contributed by atoms with Crippen LogP contribution >= 0.6 is 11.3 Å². The second kappa shape index (κ2) is 8.40. The minimum atomic E-state index is -3.15. The van der Waals surface area contributed by atoms with Gasteiger partial charge < -0.3 is 15.5 Å². The Kier molecular flexibility index (Phi) is 6.73. The summed E-state index contributed by atoms with van der Waals surface area (Å²) in [6, 6.07) is 4.61. The van der Waals surface area contributed by atoms with Gasteiger partial charge in [-0.15, -0.1) is 11.3 Å². The summed E-state index contributed by atoms with van der Waals surface area (Å²) in [5, 5.41) is 10.1. The van der Waals surface area contributed by atoms with Crippen LogP contribution in [0.15, 0.2) is 22.5 Å². The van der Waals surface area contributed by atoms with E-state index in [1.165, 1.54) is 11.3 Å². The van der Waals surface area contributed by atoms with Gasteiger partial charge >= 0.3 is 0 Å². The van der Waals surface area contributed by atoms with Crippen LogP contribution in [0, 0.1) is 0 Å². The lowest BCUT2D eigenvalue weighted by molar-refractivity contribution is 0.462. The van der Waals surface area contributed by atoms with Crippen LogP contribution < -0.4 is 15.5 Å². The van der Waals surface area contributed by atoms with Gasteiger partial charge in [0.25, 0.3) is 0 Å². The minimum absolute atomic E-state index is 0.245. The molecule has 0 aliphatic carbocycles. The quantitative estimate of drug-likeness (QED) is 0.578. The number of nitrogens with one attached hydrogen (secondary N) is 2. The number of piperidine rings is 1. The van der Waals surface area contributed by atoms with Gasteiger partial charge in [-0.1, -0.05) is 0 Å². The highest BCUT2D eigenvalue weighted by Gasteiger charge is 2.30. The molecule has 0 spiro atoms. The molecule has 8 heteroatoms. The summed E-state index contributed by atoms with van der Waals surface area (Å²) in [6.45, 7) is 8.48. The number of aliphatic imine (C=N–C) groups is 1. The third-order valence-corrected chi connectivity index (χ3v) is 7.69. The fraction of sp³-hybridized carbons (Fsp3) is 0.706. The van der Waals surface area contributed by atoms with Crippen molar-refractivity contribution in [2.45, 2.75) is 44.4 Å². The summed E-state index contributed by atoms with van der Waals surface area (Å²) in [4.78, 5) is 6.93. The van der Waals surface area contributed by atoms with E-state index in [9.17, 15) is 8.42 Å². The SMILES string of the molecule is CCNC(=NCC(C)(C)S(C)(=O)=O)NC1CCN(c2cccs2)CC1. The van der Waals surface area contributed by atoms with E-state index in [1.54, 1.807) is 25.2 Å². The second-order valence-corrected chi connectivity index (χ2v) is 10.7. The molecule has 2 rings (SSSR count). The van der Waals surface area contributed by atoms with Gasteiger partial charge in [-0.25, -0.2) is 8.42 Å². The van der Waals surface area contributed by atoms with Crippen molar-refractivity contribution in [2.75, 3.05) is 37.3 Å². The van der Waals surface area contributed by atoms with E-state index in [1.807, 2.05) is 6.92 Å². The van der Waals surface area contributed by atoms with Crippen molar-refractivity contribution in [3.63, 3.8) is 0 Å². The van der Waals surface area contributed by atoms with Gasteiger partial charge in [0.1, 0.15) is 0 Å². The third-order valence-electron chi connectivity index (χ3n) is 4.62. The van der Waals surface area contributed by atoms with Crippen molar-refractivity contribution in [1.29, 1.82) is 0 Å². The van der Waals surface area contributed by atoms with E-state index in [4.69, 9.17) is 0 Å². The normalized spacial score (nSPS) is 17.6. The maximum Gasteiger partial charge on any atom is 0.191 e. The van der Waals surface area contributed by atoms with E-state index >= 15 is 0 Å². The minimum Gasteiger partial charge on any atom is -0.363 e. The predicted molar refractivity (Wildman–Crippen MR) is 108 cm³/mol. The molecule has 0 atom stereocenters. The number of rotatable bonds is 6. The molecule has 0 radical (unpaired) electrons. The van der Waals surface area contributed by atoms with Gasteiger partial charge in [0.15, 0.2) is 15.8 Å². The first-order valence-corrected chi connectivity index (χ1v) is 11.5. The number of guanidine groups is 1. The number of hydrogen-bond acceptors (Lipinski definition) is 5. The standard InChI is InChI=1S/C17H30N4O2S2/c1-5-18-16(19-13-17(2,3)25(4,22)23)20-14-8-10-21(11-9-14)15-7-6-12-24-15/h6-7,12,14H,5,8-11,13H2,1-4H3,(H2,18,19,20). The fourth-order valence-electron chi connectivity index (χ4n) is 2.59. The summed E-state index contributed by atoms with van der Waals surface area (Å²) >= 11 is 1.78. The molecule has 0 aromatic carbocycles. The Hall–Kier alpha value is -1.28. The first-order chi connectivity index (χ1) is 11.7. The smallest absolute Gasteiger partial charge is 0.191 e. The Labute approximate surface area is 155 Å². The van der Waals surface area contributed by atoms with Gasteiger partial charge in [0.2, 0.25) is 0 Å². The van der Waals surface area contributed by atoms with Crippen LogP contribution in [-0.2, 0) is 9.84 Å². The molecule has 1 aromatic heterocycles. The van der Waals surface area contributed by atoms with Crippen molar-refractivity contribution in [3.8, 4) is 0 Å². The van der Waals surface area contributed by atoms with E-state index in [2.05, 4.69) is 38.0 Å². The summed E-state index contributed by atoms with van der Waals surface area (Å²) in [5.41, 5.74) is 0. The van der Waals surface area contributed by atoms with E-state index in [-0.39, 0.29) is 6.54 Å². The molecular formula is C17H30N4O2S2. The number of sulfone groups is 1. The molecule has 6 nitrogen and oxygen atoms in total. The molecule has 0 saturated carbocycles. The third kappa shape index (κ3) is 5.60. The highest BCUT2D eigenvalue weighted by Crippen LogP contribution is 2.24. The largest absolute Gasteiger partial charge is 0.363 e. The molecule has 0 amide bonds. The topological polar surface area (TPSA) is 73.8 Å². The van der Waals surface area contributed by atoms with Gasteiger partial charge in [-0.3, -0.25) is 4.99 Å². The van der Waals surface area contributed by atoms with Crippen molar-refractivity contribution in [3.05, 3.63) is 17.5 Å². The summed E-state index contributed by atoms with van der Waals surface area (Å²) in [7, 11) is -3.15. The Morgan fingerprint density at radius 2 is 2.08 bits per heavy atom. The van der Waals surface area contributed by atoms with Crippen LogP contribution in [-0.4, -0.2) is 57.6 Å². The lowest BCUT2D eigenvalue weighted by atomic mass is 10.1. The first kappa shape index (κ1) is 20.0. The average molecular weight is 387 g/mol. The fourth-order valence-corrected chi connectivity index (χ4v) is 3.68. The molecule has 1 saturated heterocycles. The number of hydrogen-bond donors (Lipinski definition) is 2. The highest BCUT2D eigenvalue weighted by molar-refractivity contribution is 7.92. The number of thiophene rings is 1. The van der Waals surface area contributed by atoms with Crippen molar-refractivity contribution in [1.82, 2.24) is 10.6 Å². The lowest BCUT2D eigenvalue weighted by Gasteiger charge is -2.33. The van der Waals surface area contributed by atoms with E-state index in [0.717, 1.165) is 32.5 Å². The molecule has 1 aliphatic heterocycles. The lowest BCUT2D eigenvalue weighted by Crippen LogP contribution is -2.49. The first-order valence-electron chi connectivity index (χ1n) is 8.76. The van der Waals surface area contributed by atoms with Gasteiger partial charge in [-0.05, 0) is 51.1 Å². The second-order valence-electron chi connectivity index (χ2n) is 7.08. The Morgan fingerprint density at radius 1 is 1.40 bits per heavy atom. The Morgan fingerprint density at radius 3 is 2.60 bits per heavy atom. The predicted octanol–water partition coefficient (Wildman–Crippen LogP) is 2.10. The van der Waals surface area contributed by atoms with Crippen LogP contribution in [0.5, 0.6) is 0 Å². The Bertz CT molecular complexity index is 661. The highest BCUT2D eigenvalue weighted by atomic mass is 32.2. The zero-order chi connectivity index (χ0) is 18.5. The van der Waals surface area contributed by atoms with Crippen molar-refractivity contribution >= 4 is 32.1 Å². The Balaban J connectivity index is 1.92. The molecule has 2 heterocycles. The average Bonchev–Trinajstić information content (AvgIpc) is 3.07. The molecule has 0 bridgehead atoms. The number of anilines is 1. The molecule has 0 unspecified atom stereocenters. The molecule has 1 fully saturated rings. The van der Waals surface area contributed by atoms with Gasteiger partial charge in [0.05, 0.1) is 16.3 Å². The molecular weight excluding hydrogens is 356 g/mol. The molecule has 1 aromatic rings. The van der Waals surface area contributed by atoms with Gasteiger partial charge in [0, 0.05) is 31.9 Å². The molecule has 142 valence electrons. The van der Waals surface area contributed by atoms with E-state index < -0.39 is 14.6 Å². The van der Waals surface area contributed by atoms with Crippen LogP contribution in [0.3, 0.4) is 0 Å². The van der Waals surface area contributed by atoms with Crippen LogP contribution in [0.1, 0.15) is 33.6 Å². The zero-order valence-electron chi connectivity index (χ0n) is 15.6. The van der Waals surface area contributed by atoms with E-state index in [0.29, 0.717) is 12.0 Å². The maximum absolute atomic E-state index is 11.8. The number of nitrogens with zero attached hydrogens (tertiary/aromatic N) is 2. The van der Waals surface area contributed by atoms with Crippen molar-refractivity contribution in [2.24, 2.45) is 4.99 Å². The summed E-state index contributed by atoms with van der Waals surface area (Å²) < 4.78 is 22.8. The molecule has 25 heavy (non-hydrogen) atoms. The maximum atomic E-state index is 11.8. The van der Waals surface area contributed by atoms with Crippen LogP contribution in [0.2, 0.25) is 0 Å². The van der Waals surface area contributed by atoms with Gasteiger partial charge in [-0.2, -0.15) is 0 Å². The summed E-state index contributed by atoms with van der Waals surface area (Å²) in [6.07, 6.45) is 3.35. The van der Waals surface area contributed by atoms with Crippen molar-refractivity contribution < 1.29 is 8.42 Å². The zero-order valence-corrected chi connectivity index (χ0v) is 17.2. The van der Waals surface area contributed by atoms with Crippen LogP contribution in [0.25, 0.3) is 0 Å².